The molecule has 2 N–H and O–H groups in total. The molecule has 0 amide bonds. The van der Waals surface area contributed by atoms with Crippen LogP contribution in [0.5, 0.6) is 5.75 Å². The molecule has 0 bridgehead atoms. The molecule has 0 atom stereocenters. The lowest BCUT2D eigenvalue weighted by Crippen LogP contribution is -2.18. The van der Waals surface area contributed by atoms with Crippen molar-refractivity contribution in [3.63, 3.8) is 0 Å². The van der Waals surface area contributed by atoms with Gasteiger partial charge in [-0.1, -0.05) is 6.07 Å². The summed E-state index contributed by atoms with van der Waals surface area (Å²) in [7, 11) is -3.97. The number of fused-ring (bicyclic) bond motifs is 1. The molecule has 0 saturated carbocycles. The summed E-state index contributed by atoms with van der Waals surface area (Å²) < 4.78 is 25.9. The molecule has 2 rings (SSSR count). The lowest BCUT2D eigenvalue weighted by Gasteiger charge is -2.02. The average Bonchev–Trinajstić information content (AvgIpc) is 2.15. The van der Waals surface area contributed by atoms with E-state index in [0.717, 1.165) is 10.9 Å². The van der Waals surface area contributed by atoms with Gasteiger partial charge in [0.2, 0.25) is 0 Å². The Kier molecular flexibility index (Phi) is 2.29. The van der Waals surface area contributed by atoms with Crippen LogP contribution in [0.15, 0.2) is 36.5 Å². The summed E-state index contributed by atoms with van der Waals surface area (Å²) in [6, 6.07) is 8.28. The van der Waals surface area contributed by atoms with Crippen LogP contribution in [0.4, 0.5) is 0 Å². The van der Waals surface area contributed by atoms with Crippen molar-refractivity contribution in [1.29, 1.82) is 0 Å². The third-order valence-electron chi connectivity index (χ3n) is 1.79. The number of pyridine rings is 1. The summed E-state index contributed by atoms with van der Waals surface area (Å²) in [5.41, 5.74) is 0.763. The van der Waals surface area contributed by atoms with E-state index in [-0.39, 0.29) is 5.75 Å². The van der Waals surface area contributed by atoms with Crippen LogP contribution < -0.4 is 9.32 Å². The van der Waals surface area contributed by atoms with Crippen molar-refractivity contribution in [3.05, 3.63) is 36.5 Å². The summed E-state index contributed by atoms with van der Waals surface area (Å²) in [5, 5.41) is 5.54. The minimum atomic E-state index is -3.97. The second kappa shape index (κ2) is 3.48. The van der Waals surface area contributed by atoms with Crippen LogP contribution in [-0.2, 0) is 10.3 Å². The van der Waals surface area contributed by atoms with Gasteiger partial charge in [-0.2, -0.15) is 13.6 Å². The molecule has 15 heavy (non-hydrogen) atoms. The topological polar surface area (TPSA) is 82.3 Å². The van der Waals surface area contributed by atoms with Crippen LogP contribution in [0, 0.1) is 0 Å². The first-order chi connectivity index (χ1) is 7.04. The fourth-order valence-corrected chi connectivity index (χ4v) is 1.61. The molecule has 0 fully saturated rings. The predicted molar refractivity (Wildman–Crippen MR) is 55.5 cm³/mol. The lowest BCUT2D eigenvalue weighted by atomic mass is 10.2. The quantitative estimate of drug-likeness (QED) is 0.818. The highest BCUT2D eigenvalue weighted by molar-refractivity contribution is 7.84. The number of hydrogen-bond acceptors (Lipinski definition) is 4. The largest absolute Gasteiger partial charge is 0.380 e. The zero-order chi connectivity index (χ0) is 10.9. The zero-order valence-corrected chi connectivity index (χ0v) is 8.44. The van der Waals surface area contributed by atoms with Crippen molar-refractivity contribution in [3.8, 4) is 5.75 Å². The zero-order valence-electron chi connectivity index (χ0n) is 7.62. The van der Waals surface area contributed by atoms with Crippen LogP contribution in [0.1, 0.15) is 0 Å². The minimum Gasteiger partial charge on any atom is -0.371 e. The van der Waals surface area contributed by atoms with Crippen LogP contribution in [0.3, 0.4) is 0 Å². The number of rotatable bonds is 2. The summed E-state index contributed by atoms with van der Waals surface area (Å²) in [4.78, 5) is 4.08. The van der Waals surface area contributed by atoms with Crippen molar-refractivity contribution in [1.82, 2.24) is 4.98 Å². The molecule has 0 saturated heterocycles. The molecule has 0 aliphatic carbocycles. The van der Waals surface area contributed by atoms with Gasteiger partial charge in [-0.25, -0.2) is 0 Å². The lowest BCUT2D eigenvalue weighted by molar-refractivity contribution is 0.488. The molecule has 2 aromatic rings. The van der Waals surface area contributed by atoms with Crippen molar-refractivity contribution >= 4 is 21.2 Å². The fraction of sp³-hybridized carbons (Fsp3) is 0. The Labute approximate surface area is 86.8 Å². The maximum Gasteiger partial charge on any atom is 0.380 e. The van der Waals surface area contributed by atoms with Crippen LogP contribution in [-0.4, -0.2) is 13.4 Å². The van der Waals surface area contributed by atoms with Crippen molar-refractivity contribution in [2.24, 2.45) is 5.14 Å². The molecule has 1 aromatic heterocycles. The Balaban J connectivity index is 2.48. The number of benzene rings is 1. The van der Waals surface area contributed by atoms with E-state index in [1.54, 1.807) is 30.5 Å². The Morgan fingerprint density at radius 1 is 1.27 bits per heavy atom. The van der Waals surface area contributed by atoms with E-state index in [1.807, 2.05) is 0 Å². The molecule has 0 radical (unpaired) electrons. The molecule has 1 heterocycles. The molecule has 0 aliphatic heterocycles. The standard InChI is InChI=1S/C9H8N2O3S/c10-15(12,13)14-8-3-4-9-7(6-8)2-1-5-11-9/h1-6H,(H2,10,12,13). The van der Waals surface area contributed by atoms with Gasteiger partial charge in [-0.3, -0.25) is 4.98 Å². The third-order valence-corrected chi connectivity index (χ3v) is 2.21. The summed E-state index contributed by atoms with van der Waals surface area (Å²) >= 11 is 0. The van der Waals surface area contributed by atoms with Gasteiger partial charge in [0, 0.05) is 11.6 Å². The Morgan fingerprint density at radius 3 is 2.80 bits per heavy atom. The highest BCUT2D eigenvalue weighted by Gasteiger charge is 2.05. The van der Waals surface area contributed by atoms with Crippen LogP contribution >= 0.6 is 0 Å². The summed E-state index contributed by atoms with van der Waals surface area (Å²) in [6.45, 7) is 0. The second-order valence-electron chi connectivity index (χ2n) is 2.93. The number of aromatic nitrogens is 1. The van der Waals surface area contributed by atoms with E-state index in [2.05, 4.69) is 9.17 Å². The number of hydrogen-bond donors (Lipinski definition) is 1. The summed E-state index contributed by atoms with van der Waals surface area (Å²) in [5.74, 6) is 0.179. The molecule has 0 spiro atoms. The Bertz CT molecular complexity index is 595. The molecular formula is C9H8N2O3S. The maximum absolute atomic E-state index is 10.7. The van der Waals surface area contributed by atoms with Crippen molar-refractivity contribution in [2.45, 2.75) is 0 Å². The van der Waals surface area contributed by atoms with Gasteiger partial charge in [0.1, 0.15) is 5.75 Å². The highest BCUT2D eigenvalue weighted by atomic mass is 32.2. The van der Waals surface area contributed by atoms with Crippen molar-refractivity contribution in [2.75, 3.05) is 0 Å². The molecule has 0 unspecified atom stereocenters. The normalized spacial score (nSPS) is 11.5. The molecule has 78 valence electrons. The van der Waals surface area contributed by atoms with Crippen LogP contribution in [0.2, 0.25) is 0 Å². The fourth-order valence-electron chi connectivity index (χ4n) is 1.24. The van der Waals surface area contributed by atoms with E-state index in [9.17, 15) is 8.42 Å². The van der Waals surface area contributed by atoms with E-state index < -0.39 is 10.3 Å². The van der Waals surface area contributed by atoms with Gasteiger partial charge in [-0.15, -0.1) is 0 Å². The van der Waals surface area contributed by atoms with E-state index in [4.69, 9.17) is 5.14 Å². The van der Waals surface area contributed by atoms with Gasteiger partial charge < -0.3 is 4.18 Å². The Hall–Kier alpha value is -1.66. The predicted octanol–water partition coefficient (Wildman–Crippen LogP) is 0.817. The second-order valence-corrected chi connectivity index (χ2v) is 4.09. The highest BCUT2D eigenvalue weighted by Crippen LogP contribution is 2.19. The van der Waals surface area contributed by atoms with Gasteiger partial charge >= 0.3 is 10.3 Å². The SMILES string of the molecule is NS(=O)(=O)Oc1ccc2ncccc2c1. The van der Waals surface area contributed by atoms with Gasteiger partial charge in [0.15, 0.2) is 0 Å². The van der Waals surface area contributed by atoms with Crippen LogP contribution in [0.25, 0.3) is 10.9 Å². The average molecular weight is 224 g/mol. The van der Waals surface area contributed by atoms with Crippen molar-refractivity contribution < 1.29 is 12.6 Å². The monoisotopic (exact) mass is 224 g/mol. The first kappa shape index (κ1) is 9.88. The van der Waals surface area contributed by atoms with Gasteiger partial charge in [0.25, 0.3) is 0 Å². The number of nitrogens with two attached hydrogens (primary N) is 1. The maximum atomic E-state index is 10.7. The van der Waals surface area contributed by atoms with E-state index >= 15 is 0 Å². The smallest absolute Gasteiger partial charge is 0.371 e. The molecule has 6 heteroatoms. The molecule has 5 nitrogen and oxygen atoms in total. The molecule has 0 aliphatic rings. The van der Waals surface area contributed by atoms with E-state index in [0.29, 0.717) is 0 Å². The third kappa shape index (κ3) is 2.42. The molecular weight excluding hydrogens is 216 g/mol. The van der Waals surface area contributed by atoms with E-state index in [1.165, 1.54) is 6.07 Å². The van der Waals surface area contributed by atoms with Gasteiger partial charge in [-0.05, 0) is 24.3 Å². The van der Waals surface area contributed by atoms with Gasteiger partial charge in [0.05, 0.1) is 5.52 Å². The number of nitrogens with zero attached hydrogens (tertiary/aromatic N) is 1. The first-order valence-corrected chi connectivity index (χ1v) is 5.59. The summed E-state index contributed by atoms with van der Waals surface area (Å²) in [6.07, 6.45) is 1.66. The minimum absolute atomic E-state index is 0.179. The Morgan fingerprint density at radius 2 is 2.07 bits per heavy atom. The first-order valence-electron chi connectivity index (χ1n) is 4.12. The molecule has 1 aromatic carbocycles.